The number of nitrogens with one attached hydrogen (secondary N) is 1. The number of para-hydroxylation sites is 1. The predicted octanol–water partition coefficient (Wildman–Crippen LogP) is 2.81. The lowest BCUT2D eigenvalue weighted by molar-refractivity contribution is 0.0955. The molecule has 0 saturated carbocycles. The number of amides is 1. The van der Waals surface area contributed by atoms with Crippen molar-refractivity contribution in [3.63, 3.8) is 0 Å². The number of anilines is 1. The summed E-state index contributed by atoms with van der Waals surface area (Å²) in [6.45, 7) is 6.13. The minimum absolute atomic E-state index is 0.183. The lowest BCUT2D eigenvalue weighted by Gasteiger charge is -2.26. The first-order valence-electron chi connectivity index (χ1n) is 8.09. The summed E-state index contributed by atoms with van der Waals surface area (Å²) < 4.78 is 25.8. The molecular formula is C19H24N2O3S. The van der Waals surface area contributed by atoms with Crippen LogP contribution in [0.25, 0.3) is 0 Å². The van der Waals surface area contributed by atoms with Crippen LogP contribution in [0.4, 0.5) is 5.69 Å². The van der Waals surface area contributed by atoms with Crippen molar-refractivity contribution in [3.8, 4) is 0 Å². The van der Waals surface area contributed by atoms with E-state index in [1.807, 2.05) is 51.1 Å². The van der Waals surface area contributed by atoms with Crippen LogP contribution in [0.3, 0.4) is 0 Å². The summed E-state index contributed by atoms with van der Waals surface area (Å²) in [5.74, 6) is -0.213. The number of carbonyl (C=O) groups is 1. The lowest BCUT2D eigenvalue weighted by Crippen LogP contribution is -2.38. The molecule has 0 saturated heterocycles. The molecule has 6 heteroatoms. The molecule has 0 fully saturated rings. The fraction of sp³-hybridized carbons (Fsp3) is 0.316. The minimum Gasteiger partial charge on any atom is -0.350 e. The van der Waals surface area contributed by atoms with Crippen LogP contribution in [0.2, 0.25) is 0 Å². The van der Waals surface area contributed by atoms with Crippen molar-refractivity contribution in [1.82, 2.24) is 5.32 Å². The Morgan fingerprint density at radius 3 is 2.08 bits per heavy atom. The van der Waals surface area contributed by atoms with Crippen molar-refractivity contribution in [2.45, 2.75) is 20.8 Å². The Balaban J connectivity index is 2.12. The number of aryl methyl sites for hydroxylation is 3. The van der Waals surface area contributed by atoms with Gasteiger partial charge in [0.1, 0.15) is 0 Å². The van der Waals surface area contributed by atoms with Crippen molar-refractivity contribution in [3.05, 3.63) is 64.7 Å². The van der Waals surface area contributed by atoms with Gasteiger partial charge in [-0.15, -0.1) is 0 Å². The van der Waals surface area contributed by atoms with Crippen LogP contribution in [-0.2, 0) is 10.0 Å². The fourth-order valence-corrected chi connectivity index (χ4v) is 3.76. The van der Waals surface area contributed by atoms with Gasteiger partial charge >= 0.3 is 0 Å². The molecule has 0 bridgehead atoms. The van der Waals surface area contributed by atoms with Gasteiger partial charge < -0.3 is 5.32 Å². The van der Waals surface area contributed by atoms with E-state index in [0.29, 0.717) is 11.3 Å². The number of carbonyl (C=O) groups excluding carboxylic acids is 1. The maximum Gasteiger partial charge on any atom is 0.251 e. The molecular weight excluding hydrogens is 336 g/mol. The first-order chi connectivity index (χ1) is 11.7. The molecule has 2 aromatic rings. The Hall–Kier alpha value is -2.34. The van der Waals surface area contributed by atoms with Gasteiger partial charge in [-0.2, -0.15) is 0 Å². The van der Waals surface area contributed by atoms with E-state index in [-0.39, 0.29) is 19.0 Å². The van der Waals surface area contributed by atoms with Crippen LogP contribution in [-0.4, -0.2) is 33.7 Å². The van der Waals surface area contributed by atoms with Crippen molar-refractivity contribution in [2.24, 2.45) is 0 Å². The van der Waals surface area contributed by atoms with Gasteiger partial charge in [0.05, 0.1) is 18.5 Å². The van der Waals surface area contributed by atoms with E-state index in [1.54, 1.807) is 12.1 Å². The van der Waals surface area contributed by atoms with Crippen molar-refractivity contribution in [1.29, 1.82) is 0 Å². The summed E-state index contributed by atoms with van der Waals surface area (Å²) in [5, 5.41) is 2.78. The molecule has 2 rings (SSSR count). The van der Waals surface area contributed by atoms with Crippen LogP contribution in [0, 0.1) is 20.8 Å². The second-order valence-corrected chi connectivity index (χ2v) is 8.10. The molecule has 0 aliphatic heterocycles. The summed E-state index contributed by atoms with van der Waals surface area (Å²) in [5.41, 5.74) is 4.08. The number of rotatable bonds is 6. The van der Waals surface area contributed by atoms with Crippen LogP contribution >= 0.6 is 0 Å². The Morgan fingerprint density at radius 1 is 1.00 bits per heavy atom. The smallest absolute Gasteiger partial charge is 0.251 e. The zero-order valence-corrected chi connectivity index (χ0v) is 15.9. The van der Waals surface area contributed by atoms with E-state index in [9.17, 15) is 13.2 Å². The molecule has 0 heterocycles. The van der Waals surface area contributed by atoms with Crippen molar-refractivity contribution in [2.75, 3.05) is 23.7 Å². The molecule has 0 aromatic heterocycles. The first-order valence-corrected chi connectivity index (χ1v) is 9.94. The zero-order valence-electron chi connectivity index (χ0n) is 15.0. The number of sulfonamides is 1. The van der Waals surface area contributed by atoms with Crippen LogP contribution in [0.1, 0.15) is 27.0 Å². The summed E-state index contributed by atoms with van der Waals surface area (Å²) in [6.07, 6.45) is 1.18. The van der Waals surface area contributed by atoms with E-state index < -0.39 is 10.0 Å². The van der Waals surface area contributed by atoms with E-state index in [2.05, 4.69) is 5.32 Å². The Bertz CT molecular complexity index is 838. The van der Waals surface area contributed by atoms with Gasteiger partial charge in [-0.3, -0.25) is 9.10 Å². The fourth-order valence-electron chi connectivity index (χ4n) is 2.72. The largest absolute Gasteiger partial charge is 0.350 e. The van der Waals surface area contributed by atoms with Crippen molar-refractivity contribution >= 4 is 21.6 Å². The molecule has 0 aliphatic rings. The highest BCUT2D eigenvalue weighted by Gasteiger charge is 2.21. The van der Waals surface area contributed by atoms with E-state index in [0.717, 1.165) is 16.7 Å². The van der Waals surface area contributed by atoms with E-state index in [4.69, 9.17) is 0 Å². The summed E-state index contributed by atoms with van der Waals surface area (Å²) in [4.78, 5) is 12.2. The highest BCUT2D eigenvalue weighted by Crippen LogP contribution is 2.26. The molecule has 0 spiro atoms. The monoisotopic (exact) mass is 360 g/mol. The number of hydrogen-bond donors (Lipinski definition) is 1. The van der Waals surface area contributed by atoms with Gasteiger partial charge in [0.15, 0.2) is 0 Å². The molecule has 0 atom stereocenters. The highest BCUT2D eigenvalue weighted by molar-refractivity contribution is 7.92. The number of hydrogen-bond acceptors (Lipinski definition) is 3. The molecule has 5 nitrogen and oxygen atoms in total. The van der Waals surface area contributed by atoms with Crippen LogP contribution < -0.4 is 9.62 Å². The summed E-state index contributed by atoms with van der Waals surface area (Å²) >= 11 is 0. The molecule has 134 valence electrons. The van der Waals surface area contributed by atoms with Gasteiger partial charge in [-0.1, -0.05) is 35.9 Å². The maximum absolute atomic E-state index is 12.2. The lowest BCUT2D eigenvalue weighted by atomic mass is 10.1. The SMILES string of the molecule is Cc1ccc(C(=O)NCCN(c2c(C)cccc2C)S(C)(=O)=O)cc1. The molecule has 0 aliphatic carbocycles. The van der Waals surface area contributed by atoms with Gasteiger partial charge in [0, 0.05) is 12.1 Å². The third kappa shape index (κ3) is 4.82. The topological polar surface area (TPSA) is 66.5 Å². The van der Waals surface area contributed by atoms with Crippen molar-refractivity contribution < 1.29 is 13.2 Å². The first kappa shape index (κ1) is 19.0. The third-order valence-electron chi connectivity index (χ3n) is 4.00. The average Bonchev–Trinajstić information content (AvgIpc) is 2.52. The number of benzene rings is 2. The Kier molecular flexibility index (Phi) is 5.85. The Labute approximate surface area is 149 Å². The van der Waals surface area contributed by atoms with Gasteiger partial charge in [-0.05, 0) is 44.0 Å². The minimum atomic E-state index is -3.45. The average molecular weight is 360 g/mol. The molecule has 2 aromatic carbocycles. The summed E-state index contributed by atoms with van der Waals surface area (Å²) in [7, 11) is -3.45. The predicted molar refractivity (Wildman–Crippen MR) is 102 cm³/mol. The van der Waals surface area contributed by atoms with Gasteiger partial charge in [0.2, 0.25) is 10.0 Å². The zero-order chi connectivity index (χ0) is 18.6. The second-order valence-electron chi connectivity index (χ2n) is 6.20. The van der Waals surface area contributed by atoms with E-state index in [1.165, 1.54) is 10.6 Å². The molecule has 1 amide bonds. The van der Waals surface area contributed by atoms with Gasteiger partial charge in [0.25, 0.3) is 5.91 Å². The summed E-state index contributed by atoms with van der Waals surface area (Å²) in [6, 6.07) is 12.9. The van der Waals surface area contributed by atoms with E-state index >= 15 is 0 Å². The molecule has 0 radical (unpaired) electrons. The molecule has 25 heavy (non-hydrogen) atoms. The second kappa shape index (κ2) is 7.70. The Morgan fingerprint density at radius 2 is 1.56 bits per heavy atom. The maximum atomic E-state index is 12.2. The normalized spacial score (nSPS) is 11.2. The van der Waals surface area contributed by atoms with Gasteiger partial charge in [-0.25, -0.2) is 8.42 Å². The van der Waals surface area contributed by atoms with Crippen LogP contribution in [0.15, 0.2) is 42.5 Å². The number of nitrogens with zero attached hydrogens (tertiary/aromatic N) is 1. The quantitative estimate of drug-likeness (QED) is 0.861. The standard InChI is InChI=1S/C19H24N2O3S/c1-14-8-10-17(11-9-14)19(22)20-12-13-21(25(4,23)24)18-15(2)6-5-7-16(18)3/h5-11H,12-13H2,1-4H3,(H,20,22). The molecule has 0 unspecified atom stereocenters. The highest BCUT2D eigenvalue weighted by atomic mass is 32.2. The van der Waals surface area contributed by atoms with Crippen LogP contribution in [0.5, 0.6) is 0 Å². The third-order valence-corrected chi connectivity index (χ3v) is 5.17. The molecule has 1 N–H and O–H groups in total.